The lowest BCUT2D eigenvalue weighted by molar-refractivity contribution is 0.112. The Hall–Kier alpha value is -2.17. The predicted molar refractivity (Wildman–Crippen MR) is 58.0 cm³/mol. The van der Waals surface area contributed by atoms with E-state index in [4.69, 9.17) is 9.47 Å². The number of methoxy groups -OCH3 is 2. The molecule has 1 aromatic carbocycles. The first-order valence-corrected chi connectivity index (χ1v) is 4.62. The Balaban J connectivity index is 2.77. The highest BCUT2D eigenvalue weighted by Crippen LogP contribution is 2.31. The summed E-state index contributed by atoms with van der Waals surface area (Å²) < 4.78 is 10.3. The largest absolute Gasteiger partial charge is 0.493 e. The lowest BCUT2D eigenvalue weighted by atomic mass is 10.1. The molecule has 0 saturated heterocycles. The second-order valence-corrected chi connectivity index (χ2v) is 3.10. The molecule has 0 bridgehead atoms. The van der Waals surface area contributed by atoms with Crippen LogP contribution in [0.5, 0.6) is 11.5 Å². The number of carbonyl (C=O) groups is 1. The van der Waals surface area contributed by atoms with Crippen LogP contribution in [0.2, 0.25) is 0 Å². The van der Waals surface area contributed by atoms with Crippen molar-refractivity contribution in [1.82, 2.24) is 9.97 Å². The van der Waals surface area contributed by atoms with Gasteiger partial charge in [0.1, 0.15) is 12.0 Å². The van der Waals surface area contributed by atoms with Crippen molar-refractivity contribution >= 4 is 17.2 Å². The molecule has 0 aliphatic carbocycles. The SMILES string of the molecule is COc1cc2ncnc(C=O)c2cc1OC. The zero-order valence-corrected chi connectivity index (χ0v) is 8.93. The van der Waals surface area contributed by atoms with Gasteiger partial charge in [0.15, 0.2) is 17.8 Å². The third-order valence-corrected chi connectivity index (χ3v) is 2.28. The minimum atomic E-state index is 0.339. The second kappa shape index (κ2) is 4.14. The van der Waals surface area contributed by atoms with E-state index in [1.165, 1.54) is 13.4 Å². The number of nitrogens with zero attached hydrogens (tertiary/aromatic N) is 2. The third-order valence-electron chi connectivity index (χ3n) is 2.28. The minimum absolute atomic E-state index is 0.339. The molecular formula is C11H10N2O3. The van der Waals surface area contributed by atoms with E-state index in [-0.39, 0.29) is 0 Å². The summed E-state index contributed by atoms with van der Waals surface area (Å²) in [5, 5.41) is 0.648. The number of hydrogen-bond donors (Lipinski definition) is 0. The topological polar surface area (TPSA) is 61.3 Å². The van der Waals surface area contributed by atoms with Gasteiger partial charge in [-0.2, -0.15) is 0 Å². The Kier molecular flexibility index (Phi) is 2.68. The van der Waals surface area contributed by atoms with Gasteiger partial charge in [-0.3, -0.25) is 4.79 Å². The van der Waals surface area contributed by atoms with Gasteiger partial charge in [0, 0.05) is 11.5 Å². The molecule has 1 aromatic heterocycles. The van der Waals surface area contributed by atoms with Gasteiger partial charge in [0.2, 0.25) is 0 Å². The average molecular weight is 218 g/mol. The van der Waals surface area contributed by atoms with Crippen LogP contribution >= 0.6 is 0 Å². The zero-order valence-electron chi connectivity index (χ0n) is 8.93. The molecular weight excluding hydrogens is 208 g/mol. The molecule has 0 aliphatic rings. The highest BCUT2D eigenvalue weighted by atomic mass is 16.5. The van der Waals surface area contributed by atoms with Crippen LogP contribution in [0.15, 0.2) is 18.5 Å². The summed E-state index contributed by atoms with van der Waals surface area (Å²) in [5.41, 5.74) is 0.987. The Morgan fingerprint density at radius 1 is 1.12 bits per heavy atom. The van der Waals surface area contributed by atoms with Crippen molar-refractivity contribution in [2.24, 2.45) is 0 Å². The van der Waals surface area contributed by atoms with Crippen LogP contribution in [-0.2, 0) is 0 Å². The minimum Gasteiger partial charge on any atom is -0.493 e. The molecule has 0 N–H and O–H groups in total. The maximum atomic E-state index is 10.8. The smallest absolute Gasteiger partial charge is 0.169 e. The molecule has 2 aromatic rings. The Morgan fingerprint density at radius 3 is 2.44 bits per heavy atom. The van der Waals surface area contributed by atoms with Crippen molar-refractivity contribution in [3.8, 4) is 11.5 Å². The summed E-state index contributed by atoms with van der Waals surface area (Å²) in [6.07, 6.45) is 2.04. The lowest BCUT2D eigenvalue weighted by Gasteiger charge is -2.08. The van der Waals surface area contributed by atoms with E-state index in [1.54, 1.807) is 19.2 Å². The van der Waals surface area contributed by atoms with Crippen LogP contribution in [0, 0.1) is 0 Å². The quantitative estimate of drug-likeness (QED) is 0.730. The molecule has 16 heavy (non-hydrogen) atoms. The van der Waals surface area contributed by atoms with E-state index in [0.29, 0.717) is 34.4 Å². The van der Waals surface area contributed by atoms with Crippen LogP contribution in [0.1, 0.15) is 10.5 Å². The Morgan fingerprint density at radius 2 is 1.81 bits per heavy atom. The van der Waals surface area contributed by atoms with E-state index >= 15 is 0 Å². The van der Waals surface area contributed by atoms with Gasteiger partial charge in [0.25, 0.3) is 0 Å². The predicted octanol–water partition coefficient (Wildman–Crippen LogP) is 1.46. The van der Waals surface area contributed by atoms with E-state index in [9.17, 15) is 4.79 Å². The van der Waals surface area contributed by atoms with Gasteiger partial charge in [-0.1, -0.05) is 0 Å². The molecule has 0 unspecified atom stereocenters. The molecule has 0 saturated carbocycles. The zero-order chi connectivity index (χ0) is 11.5. The molecule has 82 valence electrons. The van der Waals surface area contributed by atoms with Gasteiger partial charge < -0.3 is 9.47 Å². The number of rotatable bonds is 3. The van der Waals surface area contributed by atoms with Crippen molar-refractivity contribution in [2.45, 2.75) is 0 Å². The molecule has 0 radical (unpaired) electrons. The van der Waals surface area contributed by atoms with Crippen molar-refractivity contribution in [3.63, 3.8) is 0 Å². The number of aromatic nitrogens is 2. The molecule has 0 fully saturated rings. The maximum absolute atomic E-state index is 10.8. The van der Waals surface area contributed by atoms with Crippen molar-refractivity contribution in [3.05, 3.63) is 24.2 Å². The molecule has 0 aliphatic heterocycles. The molecule has 0 amide bonds. The summed E-state index contributed by atoms with van der Waals surface area (Å²) in [5.74, 6) is 1.12. The van der Waals surface area contributed by atoms with Gasteiger partial charge in [-0.25, -0.2) is 9.97 Å². The summed E-state index contributed by atoms with van der Waals surface area (Å²) in [7, 11) is 3.08. The number of benzene rings is 1. The fourth-order valence-electron chi connectivity index (χ4n) is 1.50. The molecule has 1 heterocycles. The van der Waals surface area contributed by atoms with Crippen LogP contribution in [-0.4, -0.2) is 30.5 Å². The monoisotopic (exact) mass is 218 g/mol. The fourth-order valence-corrected chi connectivity index (χ4v) is 1.50. The van der Waals surface area contributed by atoms with Gasteiger partial charge >= 0.3 is 0 Å². The summed E-state index contributed by atoms with van der Waals surface area (Å²) in [6, 6.07) is 3.40. The summed E-state index contributed by atoms with van der Waals surface area (Å²) >= 11 is 0. The normalized spacial score (nSPS) is 10.1. The average Bonchev–Trinajstić information content (AvgIpc) is 2.36. The van der Waals surface area contributed by atoms with Gasteiger partial charge in [-0.15, -0.1) is 0 Å². The van der Waals surface area contributed by atoms with Crippen LogP contribution < -0.4 is 9.47 Å². The number of aldehydes is 1. The number of hydrogen-bond acceptors (Lipinski definition) is 5. The lowest BCUT2D eigenvalue weighted by Crippen LogP contribution is -1.95. The number of carbonyl (C=O) groups excluding carboxylic acids is 1. The van der Waals surface area contributed by atoms with Crippen molar-refractivity contribution in [2.75, 3.05) is 14.2 Å². The van der Waals surface area contributed by atoms with Crippen molar-refractivity contribution < 1.29 is 14.3 Å². The number of fused-ring (bicyclic) bond motifs is 1. The highest BCUT2D eigenvalue weighted by molar-refractivity contribution is 5.95. The first-order chi connectivity index (χ1) is 7.80. The van der Waals surface area contributed by atoms with E-state index in [1.807, 2.05) is 0 Å². The van der Waals surface area contributed by atoms with Crippen LogP contribution in [0.4, 0.5) is 0 Å². The Labute approximate surface area is 92.0 Å². The van der Waals surface area contributed by atoms with E-state index in [2.05, 4.69) is 9.97 Å². The highest BCUT2D eigenvalue weighted by Gasteiger charge is 2.09. The third kappa shape index (κ3) is 1.56. The maximum Gasteiger partial charge on any atom is 0.169 e. The van der Waals surface area contributed by atoms with E-state index < -0.39 is 0 Å². The molecule has 0 spiro atoms. The summed E-state index contributed by atoms with van der Waals surface area (Å²) in [6.45, 7) is 0. The standard InChI is InChI=1S/C11H10N2O3/c1-15-10-3-7-8(4-11(10)16-2)12-6-13-9(7)5-14/h3-6H,1-2H3. The Bertz CT molecular complexity index is 540. The van der Waals surface area contributed by atoms with Gasteiger partial charge in [0.05, 0.1) is 19.7 Å². The van der Waals surface area contributed by atoms with Gasteiger partial charge in [-0.05, 0) is 6.07 Å². The molecule has 5 nitrogen and oxygen atoms in total. The molecule has 5 heteroatoms. The van der Waals surface area contributed by atoms with Crippen LogP contribution in [0.3, 0.4) is 0 Å². The van der Waals surface area contributed by atoms with Crippen molar-refractivity contribution in [1.29, 1.82) is 0 Å². The first-order valence-electron chi connectivity index (χ1n) is 4.62. The fraction of sp³-hybridized carbons (Fsp3) is 0.182. The second-order valence-electron chi connectivity index (χ2n) is 3.10. The van der Waals surface area contributed by atoms with Crippen LogP contribution in [0.25, 0.3) is 10.9 Å². The molecule has 2 rings (SSSR count). The molecule has 0 atom stereocenters. The first kappa shape index (κ1) is 10.4. The number of ether oxygens (including phenoxy) is 2. The van der Waals surface area contributed by atoms with E-state index in [0.717, 1.165) is 0 Å². The summed E-state index contributed by atoms with van der Waals surface area (Å²) in [4.78, 5) is 18.8.